The molecule has 4 nitrogen and oxygen atoms in total. The summed E-state index contributed by atoms with van der Waals surface area (Å²) in [5.74, 6) is -0.982. The van der Waals surface area contributed by atoms with Crippen LogP contribution in [0.5, 0.6) is 0 Å². The highest BCUT2D eigenvalue weighted by Crippen LogP contribution is 2.07. The Morgan fingerprint density at radius 1 is 1.31 bits per heavy atom. The first-order valence-electron chi connectivity index (χ1n) is 4.37. The summed E-state index contributed by atoms with van der Waals surface area (Å²) in [5, 5.41) is 8.32. The Bertz CT molecular complexity index is 229. The average molecular weight is 183 g/mol. The topological polar surface area (TPSA) is 57.6 Å². The summed E-state index contributed by atoms with van der Waals surface area (Å²) in [6.45, 7) is 1.60. The van der Waals surface area contributed by atoms with Crippen LogP contribution in [0.25, 0.3) is 0 Å². The first-order chi connectivity index (χ1) is 6.20. The summed E-state index contributed by atoms with van der Waals surface area (Å²) in [6.07, 6.45) is 4.76. The van der Waals surface area contributed by atoms with E-state index in [9.17, 15) is 9.59 Å². The van der Waals surface area contributed by atoms with E-state index in [-0.39, 0.29) is 12.3 Å². The van der Waals surface area contributed by atoms with Crippen molar-refractivity contribution >= 4 is 11.9 Å². The van der Waals surface area contributed by atoms with Crippen LogP contribution in [0.1, 0.15) is 19.3 Å². The second-order valence-corrected chi connectivity index (χ2v) is 3.03. The van der Waals surface area contributed by atoms with Crippen molar-refractivity contribution in [2.45, 2.75) is 19.3 Å². The molecule has 1 fully saturated rings. The second kappa shape index (κ2) is 4.64. The number of likely N-dealkylation sites (tertiary alicyclic amines) is 1. The quantitative estimate of drug-likeness (QED) is 0.653. The fraction of sp³-hybridized carbons (Fsp3) is 0.556. The van der Waals surface area contributed by atoms with Crippen molar-refractivity contribution in [2.24, 2.45) is 0 Å². The predicted molar refractivity (Wildman–Crippen MR) is 47.2 cm³/mol. The van der Waals surface area contributed by atoms with Crippen LogP contribution < -0.4 is 0 Å². The number of carbonyl (C=O) groups is 2. The number of nitrogens with zero attached hydrogens (tertiary/aromatic N) is 1. The molecule has 1 heterocycles. The predicted octanol–water partition coefficient (Wildman–Crippen LogP) is 0.640. The lowest BCUT2D eigenvalue weighted by Gasteiger charge is -2.11. The monoisotopic (exact) mass is 183 g/mol. The van der Waals surface area contributed by atoms with Crippen molar-refractivity contribution in [2.75, 3.05) is 13.1 Å². The zero-order valence-corrected chi connectivity index (χ0v) is 7.40. The Balaban J connectivity index is 2.31. The molecule has 0 aromatic rings. The highest BCUT2D eigenvalue weighted by Gasteiger charge is 2.14. The van der Waals surface area contributed by atoms with Crippen LogP contribution in [0.4, 0.5) is 0 Å². The smallest absolute Gasteiger partial charge is 0.307 e. The first-order valence-corrected chi connectivity index (χ1v) is 4.37. The number of rotatable bonds is 3. The van der Waals surface area contributed by atoms with Crippen LogP contribution in [-0.4, -0.2) is 35.0 Å². The standard InChI is InChI=1S/C9H13NO3/c11-8(4-3-5-9(12)13)10-6-1-2-7-10/h3-4H,1-2,5-7H2,(H,12,13)/b4-3+. The molecule has 0 aromatic carbocycles. The molecular formula is C9H13NO3. The molecule has 4 heteroatoms. The third kappa shape index (κ3) is 3.27. The lowest BCUT2D eigenvalue weighted by molar-refractivity contribution is -0.135. The van der Waals surface area contributed by atoms with E-state index < -0.39 is 5.97 Å². The normalized spacial score (nSPS) is 16.8. The molecule has 13 heavy (non-hydrogen) atoms. The number of amides is 1. The molecule has 0 unspecified atom stereocenters. The van der Waals surface area contributed by atoms with E-state index >= 15 is 0 Å². The molecule has 1 saturated heterocycles. The minimum absolute atomic E-state index is 0.0706. The molecule has 1 rings (SSSR count). The van der Waals surface area contributed by atoms with Gasteiger partial charge < -0.3 is 10.0 Å². The highest BCUT2D eigenvalue weighted by atomic mass is 16.4. The van der Waals surface area contributed by atoms with Crippen LogP contribution in [0, 0.1) is 0 Å². The van der Waals surface area contributed by atoms with E-state index in [1.54, 1.807) is 4.90 Å². The Hall–Kier alpha value is -1.32. The Kier molecular flexibility index (Phi) is 3.49. The molecule has 1 amide bonds. The second-order valence-electron chi connectivity index (χ2n) is 3.03. The summed E-state index contributed by atoms with van der Waals surface area (Å²) < 4.78 is 0. The van der Waals surface area contributed by atoms with Crippen molar-refractivity contribution in [3.8, 4) is 0 Å². The Morgan fingerprint density at radius 3 is 2.46 bits per heavy atom. The fourth-order valence-corrected chi connectivity index (χ4v) is 1.30. The van der Waals surface area contributed by atoms with Crippen molar-refractivity contribution in [3.63, 3.8) is 0 Å². The van der Waals surface area contributed by atoms with E-state index in [1.165, 1.54) is 12.2 Å². The largest absolute Gasteiger partial charge is 0.481 e. The zero-order chi connectivity index (χ0) is 9.68. The van der Waals surface area contributed by atoms with Gasteiger partial charge in [0.25, 0.3) is 0 Å². The Morgan fingerprint density at radius 2 is 1.92 bits per heavy atom. The van der Waals surface area contributed by atoms with Gasteiger partial charge in [-0.15, -0.1) is 0 Å². The number of hydrogen-bond acceptors (Lipinski definition) is 2. The molecule has 0 atom stereocenters. The maximum Gasteiger partial charge on any atom is 0.307 e. The molecule has 1 aliphatic rings. The maximum atomic E-state index is 11.3. The zero-order valence-electron chi connectivity index (χ0n) is 7.40. The summed E-state index contributed by atoms with van der Waals surface area (Å²) in [4.78, 5) is 23.1. The van der Waals surface area contributed by atoms with Gasteiger partial charge in [0.15, 0.2) is 0 Å². The molecule has 1 N–H and O–H groups in total. The SMILES string of the molecule is O=C(O)C/C=C/C(=O)N1CCCC1. The van der Waals surface area contributed by atoms with Crippen molar-refractivity contribution < 1.29 is 14.7 Å². The highest BCUT2D eigenvalue weighted by molar-refractivity contribution is 5.88. The van der Waals surface area contributed by atoms with E-state index in [2.05, 4.69) is 0 Å². The molecule has 0 spiro atoms. The summed E-state index contributed by atoms with van der Waals surface area (Å²) in [6, 6.07) is 0. The van der Waals surface area contributed by atoms with Gasteiger partial charge in [0.05, 0.1) is 6.42 Å². The number of carboxylic acid groups (broad SMARTS) is 1. The average Bonchev–Trinajstić information content (AvgIpc) is 2.55. The minimum Gasteiger partial charge on any atom is -0.481 e. The van der Waals surface area contributed by atoms with Gasteiger partial charge >= 0.3 is 5.97 Å². The minimum atomic E-state index is -0.912. The summed E-state index contributed by atoms with van der Waals surface area (Å²) in [5.41, 5.74) is 0. The molecule has 0 radical (unpaired) electrons. The van der Waals surface area contributed by atoms with E-state index in [0.717, 1.165) is 25.9 Å². The van der Waals surface area contributed by atoms with Crippen molar-refractivity contribution in [1.82, 2.24) is 4.90 Å². The molecule has 0 aliphatic carbocycles. The molecular weight excluding hydrogens is 170 g/mol. The number of carboxylic acids is 1. The van der Waals surface area contributed by atoms with Crippen molar-refractivity contribution in [3.05, 3.63) is 12.2 Å². The van der Waals surface area contributed by atoms with Gasteiger partial charge in [-0.25, -0.2) is 0 Å². The van der Waals surface area contributed by atoms with Crippen LogP contribution in [0.2, 0.25) is 0 Å². The van der Waals surface area contributed by atoms with E-state index in [4.69, 9.17) is 5.11 Å². The van der Waals surface area contributed by atoms with Gasteiger partial charge in [-0.2, -0.15) is 0 Å². The Labute approximate surface area is 76.8 Å². The van der Waals surface area contributed by atoms with Crippen LogP contribution >= 0.6 is 0 Å². The van der Waals surface area contributed by atoms with E-state index in [0.29, 0.717) is 0 Å². The lowest BCUT2D eigenvalue weighted by Crippen LogP contribution is -2.25. The van der Waals surface area contributed by atoms with Gasteiger partial charge in [0.2, 0.25) is 5.91 Å². The van der Waals surface area contributed by atoms with Crippen LogP contribution in [0.15, 0.2) is 12.2 Å². The van der Waals surface area contributed by atoms with Crippen LogP contribution in [-0.2, 0) is 9.59 Å². The number of hydrogen-bond donors (Lipinski definition) is 1. The van der Waals surface area contributed by atoms with Gasteiger partial charge in [-0.05, 0) is 18.9 Å². The van der Waals surface area contributed by atoms with Gasteiger partial charge in [-0.1, -0.05) is 6.08 Å². The number of carbonyl (C=O) groups excluding carboxylic acids is 1. The van der Waals surface area contributed by atoms with Crippen LogP contribution in [0.3, 0.4) is 0 Å². The fourth-order valence-electron chi connectivity index (χ4n) is 1.30. The molecule has 1 aliphatic heterocycles. The van der Waals surface area contributed by atoms with Gasteiger partial charge in [-0.3, -0.25) is 9.59 Å². The van der Waals surface area contributed by atoms with Gasteiger partial charge in [0, 0.05) is 13.1 Å². The molecule has 0 saturated carbocycles. The third-order valence-corrected chi connectivity index (χ3v) is 1.97. The molecule has 0 aromatic heterocycles. The number of aliphatic carboxylic acids is 1. The van der Waals surface area contributed by atoms with Gasteiger partial charge in [0.1, 0.15) is 0 Å². The van der Waals surface area contributed by atoms with Crippen molar-refractivity contribution in [1.29, 1.82) is 0 Å². The summed E-state index contributed by atoms with van der Waals surface area (Å²) in [7, 11) is 0. The lowest BCUT2D eigenvalue weighted by atomic mass is 10.3. The maximum absolute atomic E-state index is 11.3. The summed E-state index contributed by atoms with van der Waals surface area (Å²) >= 11 is 0. The third-order valence-electron chi connectivity index (χ3n) is 1.97. The first kappa shape index (κ1) is 9.77. The van der Waals surface area contributed by atoms with E-state index in [1.807, 2.05) is 0 Å². The molecule has 0 bridgehead atoms. The molecule has 72 valence electrons.